The van der Waals surface area contributed by atoms with E-state index in [-0.39, 0.29) is 0 Å². The van der Waals surface area contributed by atoms with Crippen molar-refractivity contribution >= 4 is 22.9 Å². The summed E-state index contributed by atoms with van der Waals surface area (Å²) in [6, 6.07) is 8.42. The molecule has 1 aromatic heterocycles. The van der Waals surface area contributed by atoms with Crippen molar-refractivity contribution in [2.45, 2.75) is 32.0 Å². The minimum absolute atomic E-state index is 0.550. The average molecular weight is 264 g/mol. The smallest absolute Gasteiger partial charge is 0.256 e. The fraction of sp³-hybridized carbons (Fsp3) is 0.500. The van der Waals surface area contributed by atoms with E-state index < -0.39 is 0 Å². The second-order valence-corrected chi connectivity index (χ2v) is 5.83. The van der Waals surface area contributed by atoms with E-state index in [0.717, 1.165) is 28.6 Å². The first-order valence-electron chi connectivity index (χ1n) is 6.38. The number of benzene rings is 1. The lowest BCUT2D eigenvalue weighted by molar-refractivity contribution is 0.438. The number of fused-ring (bicyclic) bond motifs is 1. The summed E-state index contributed by atoms with van der Waals surface area (Å²) in [6.45, 7) is 7.65. The lowest BCUT2D eigenvalue weighted by atomic mass is 10.1. The van der Waals surface area contributed by atoms with Crippen molar-refractivity contribution in [2.24, 2.45) is 5.92 Å². The maximum atomic E-state index is 5.65. The largest absolute Gasteiger partial charge is 0.431 e. The Labute approximate surface area is 112 Å². The van der Waals surface area contributed by atoms with Gasteiger partial charge in [-0.25, -0.2) is 4.98 Å². The zero-order valence-corrected chi connectivity index (χ0v) is 12.0. The number of para-hydroxylation sites is 2. The van der Waals surface area contributed by atoms with Crippen LogP contribution < -0.4 is 5.32 Å². The maximum Gasteiger partial charge on any atom is 0.256 e. The van der Waals surface area contributed by atoms with Crippen molar-refractivity contribution in [3.63, 3.8) is 0 Å². The molecule has 0 saturated heterocycles. The molecule has 2 rings (SSSR count). The Hall–Kier alpha value is -1.00. The van der Waals surface area contributed by atoms with Crippen LogP contribution in [-0.2, 0) is 0 Å². The molecule has 1 heterocycles. The minimum atomic E-state index is 0.550. The Morgan fingerprint density at radius 2 is 2.06 bits per heavy atom. The maximum absolute atomic E-state index is 5.65. The third kappa shape index (κ3) is 3.50. The second kappa shape index (κ2) is 6.25. The normalized spacial score (nSPS) is 13.3. The fourth-order valence-electron chi connectivity index (χ4n) is 1.57. The second-order valence-electron chi connectivity index (χ2n) is 4.78. The van der Waals surface area contributed by atoms with Crippen LogP contribution >= 0.6 is 11.8 Å². The van der Waals surface area contributed by atoms with Gasteiger partial charge in [-0.05, 0) is 25.0 Å². The van der Waals surface area contributed by atoms with Gasteiger partial charge in [-0.2, -0.15) is 0 Å². The van der Waals surface area contributed by atoms with E-state index in [1.54, 1.807) is 11.8 Å². The number of thioether (sulfide) groups is 1. The molecule has 0 fully saturated rings. The Morgan fingerprint density at radius 3 is 2.78 bits per heavy atom. The predicted octanol–water partition coefficient (Wildman–Crippen LogP) is 3.55. The van der Waals surface area contributed by atoms with Gasteiger partial charge in [0.25, 0.3) is 5.22 Å². The van der Waals surface area contributed by atoms with E-state index >= 15 is 0 Å². The molecule has 0 amide bonds. The minimum Gasteiger partial charge on any atom is -0.431 e. The van der Waals surface area contributed by atoms with Gasteiger partial charge in [-0.3, -0.25) is 0 Å². The van der Waals surface area contributed by atoms with Gasteiger partial charge < -0.3 is 9.73 Å². The number of nitrogens with one attached hydrogen (secondary N) is 1. The average Bonchev–Trinajstić information content (AvgIpc) is 2.76. The van der Waals surface area contributed by atoms with Gasteiger partial charge in [0.1, 0.15) is 5.52 Å². The lowest BCUT2D eigenvalue weighted by Gasteiger charge is -2.16. The van der Waals surface area contributed by atoms with E-state index in [4.69, 9.17) is 4.42 Å². The summed E-state index contributed by atoms with van der Waals surface area (Å²) >= 11 is 1.66. The van der Waals surface area contributed by atoms with Crippen LogP contribution in [0.2, 0.25) is 0 Å². The zero-order valence-electron chi connectivity index (χ0n) is 11.1. The molecule has 98 valence electrons. The molecule has 0 spiro atoms. The van der Waals surface area contributed by atoms with E-state index in [2.05, 4.69) is 31.1 Å². The molecule has 0 bridgehead atoms. The Kier molecular flexibility index (Phi) is 4.66. The van der Waals surface area contributed by atoms with Gasteiger partial charge in [0, 0.05) is 18.3 Å². The SMILES string of the molecule is CC(C)C(C)NCCSc1nc2ccccc2o1. The van der Waals surface area contributed by atoms with Crippen LogP contribution in [0.3, 0.4) is 0 Å². The summed E-state index contributed by atoms with van der Waals surface area (Å²) in [6.07, 6.45) is 0. The molecule has 4 heteroatoms. The molecule has 0 radical (unpaired) electrons. The number of aromatic nitrogens is 1. The highest BCUT2D eigenvalue weighted by atomic mass is 32.2. The van der Waals surface area contributed by atoms with E-state index in [1.165, 1.54) is 0 Å². The van der Waals surface area contributed by atoms with Crippen molar-refractivity contribution in [3.8, 4) is 0 Å². The third-order valence-electron chi connectivity index (χ3n) is 3.07. The highest BCUT2D eigenvalue weighted by molar-refractivity contribution is 7.99. The van der Waals surface area contributed by atoms with E-state index in [1.807, 2.05) is 24.3 Å². The molecule has 2 aromatic rings. The monoisotopic (exact) mass is 264 g/mol. The van der Waals surface area contributed by atoms with Crippen molar-refractivity contribution in [3.05, 3.63) is 24.3 Å². The first-order chi connectivity index (χ1) is 8.66. The van der Waals surface area contributed by atoms with E-state index in [9.17, 15) is 0 Å². The number of hydrogen-bond donors (Lipinski definition) is 1. The fourth-order valence-corrected chi connectivity index (χ4v) is 2.28. The van der Waals surface area contributed by atoms with Crippen LogP contribution in [0.25, 0.3) is 11.1 Å². The Balaban J connectivity index is 1.80. The standard InChI is InChI=1S/C14H20N2OS/c1-10(2)11(3)15-8-9-18-14-16-12-6-4-5-7-13(12)17-14/h4-7,10-11,15H,8-9H2,1-3H3. The highest BCUT2D eigenvalue weighted by Gasteiger charge is 2.07. The zero-order chi connectivity index (χ0) is 13.0. The molecule has 0 saturated carbocycles. The van der Waals surface area contributed by atoms with Crippen LogP contribution in [0, 0.1) is 5.92 Å². The summed E-state index contributed by atoms with van der Waals surface area (Å²) in [5.74, 6) is 1.64. The summed E-state index contributed by atoms with van der Waals surface area (Å²) < 4.78 is 5.65. The molecular formula is C14H20N2OS. The van der Waals surface area contributed by atoms with Gasteiger partial charge >= 0.3 is 0 Å². The molecule has 1 unspecified atom stereocenters. The summed E-state index contributed by atoms with van der Waals surface area (Å²) in [7, 11) is 0. The lowest BCUT2D eigenvalue weighted by Crippen LogP contribution is -2.32. The quantitative estimate of drug-likeness (QED) is 0.639. The highest BCUT2D eigenvalue weighted by Crippen LogP contribution is 2.22. The summed E-state index contributed by atoms with van der Waals surface area (Å²) in [4.78, 5) is 4.43. The molecule has 3 nitrogen and oxygen atoms in total. The van der Waals surface area contributed by atoms with Crippen molar-refractivity contribution in [1.29, 1.82) is 0 Å². The number of nitrogens with zero attached hydrogens (tertiary/aromatic N) is 1. The van der Waals surface area contributed by atoms with Crippen molar-refractivity contribution in [1.82, 2.24) is 10.3 Å². The third-order valence-corrected chi connectivity index (χ3v) is 3.90. The molecule has 1 aromatic carbocycles. The van der Waals surface area contributed by atoms with Gasteiger partial charge in [-0.1, -0.05) is 37.7 Å². The Bertz CT molecular complexity index is 462. The van der Waals surface area contributed by atoms with Crippen molar-refractivity contribution in [2.75, 3.05) is 12.3 Å². The summed E-state index contributed by atoms with van der Waals surface area (Å²) in [5.41, 5.74) is 1.80. The van der Waals surface area contributed by atoms with Crippen LogP contribution in [0.4, 0.5) is 0 Å². The molecule has 1 atom stereocenters. The van der Waals surface area contributed by atoms with Gasteiger partial charge in [0.05, 0.1) is 0 Å². The van der Waals surface area contributed by atoms with Gasteiger partial charge in [0.15, 0.2) is 5.58 Å². The molecule has 0 aliphatic carbocycles. The topological polar surface area (TPSA) is 38.1 Å². The molecule has 1 N–H and O–H groups in total. The van der Waals surface area contributed by atoms with Gasteiger partial charge in [-0.15, -0.1) is 0 Å². The molecule has 18 heavy (non-hydrogen) atoms. The summed E-state index contributed by atoms with van der Waals surface area (Å²) in [5, 5.41) is 4.26. The van der Waals surface area contributed by atoms with Gasteiger partial charge in [0.2, 0.25) is 0 Å². The van der Waals surface area contributed by atoms with Crippen LogP contribution in [0.15, 0.2) is 33.9 Å². The molecular weight excluding hydrogens is 244 g/mol. The first kappa shape index (κ1) is 13.4. The Morgan fingerprint density at radius 1 is 1.28 bits per heavy atom. The van der Waals surface area contributed by atoms with Crippen LogP contribution in [0.5, 0.6) is 0 Å². The number of rotatable bonds is 6. The van der Waals surface area contributed by atoms with E-state index in [0.29, 0.717) is 12.0 Å². The first-order valence-corrected chi connectivity index (χ1v) is 7.37. The number of oxazole rings is 1. The van der Waals surface area contributed by atoms with Crippen LogP contribution in [-0.4, -0.2) is 23.3 Å². The van der Waals surface area contributed by atoms with Crippen LogP contribution in [0.1, 0.15) is 20.8 Å². The predicted molar refractivity (Wildman–Crippen MR) is 77.0 cm³/mol. The molecule has 0 aliphatic rings. The molecule has 0 aliphatic heterocycles. The van der Waals surface area contributed by atoms with Crippen molar-refractivity contribution < 1.29 is 4.42 Å². The number of hydrogen-bond acceptors (Lipinski definition) is 4.